The van der Waals surface area contributed by atoms with Crippen LogP contribution in [0.4, 0.5) is 0 Å². The zero-order valence-electron chi connectivity index (χ0n) is 8.28. The number of likely N-dealkylation sites (N-methyl/N-ethyl adjacent to an activating group) is 1. The molecule has 0 fully saturated rings. The minimum absolute atomic E-state index is 0.951. The van der Waals surface area contributed by atoms with Gasteiger partial charge in [-0.2, -0.15) is 0 Å². The van der Waals surface area contributed by atoms with Crippen molar-refractivity contribution in [3.63, 3.8) is 0 Å². The largest absolute Gasteiger partial charge is 0.386 e. The van der Waals surface area contributed by atoms with Gasteiger partial charge in [-0.05, 0) is 25.6 Å². The van der Waals surface area contributed by atoms with Crippen LogP contribution in [0.15, 0.2) is 28.5 Å². The van der Waals surface area contributed by atoms with Crippen molar-refractivity contribution in [3.05, 3.63) is 23.5 Å². The summed E-state index contributed by atoms with van der Waals surface area (Å²) >= 11 is 0. The van der Waals surface area contributed by atoms with Crippen LogP contribution in [0.5, 0.6) is 0 Å². The van der Waals surface area contributed by atoms with Crippen LogP contribution in [0.3, 0.4) is 0 Å². The van der Waals surface area contributed by atoms with Crippen molar-refractivity contribution < 1.29 is 0 Å². The van der Waals surface area contributed by atoms with Crippen molar-refractivity contribution in [2.75, 3.05) is 7.05 Å². The molecule has 0 aromatic carbocycles. The molecule has 0 amide bonds. The van der Waals surface area contributed by atoms with Gasteiger partial charge in [-0.3, -0.25) is 4.99 Å². The predicted molar refractivity (Wildman–Crippen MR) is 55.4 cm³/mol. The third kappa shape index (κ3) is 2.91. The summed E-state index contributed by atoms with van der Waals surface area (Å²) in [7, 11) is 1.88. The van der Waals surface area contributed by atoms with Crippen LogP contribution in [-0.2, 0) is 0 Å². The van der Waals surface area contributed by atoms with Crippen LogP contribution in [0.25, 0.3) is 0 Å². The standard InChI is InChI=1S/C10H18N2/c1-6-7-9(11-4)10(12-5)8(2)3/h12H,2,4,6-7H2,1,3,5H3/b10-9-. The van der Waals surface area contributed by atoms with Crippen molar-refractivity contribution >= 4 is 6.72 Å². The average Bonchev–Trinajstić information content (AvgIpc) is 2.03. The monoisotopic (exact) mass is 166 g/mol. The molecule has 12 heavy (non-hydrogen) atoms. The molecule has 0 bridgehead atoms. The number of nitrogens with one attached hydrogen (secondary N) is 1. The third-order valence-electron chi connectivity index (χ3n) is 1.64. The van der Waals surface area contributed by atoms with E-state index in [4.69, 9.17) is 0 Å². The van der Waals surface area contributed by atoms with Gasteiger partial charge >= 0.3 is 0 Å². The highest BCUT2D eigenvalue weighted by Crippen LogP contribution is 2.15. The van der Waals surface area contributed by atoms with Crippen molar-refractivity contribution in [1.29, 1.82) is 0 Å². The van der Waals surface area contributed by atoms with Gasteiger partial charge in [0.25, 0.3) is 0 Å². The van der Waals surface area contributed by atoms with Crippen molar-refractivity contribution in [1.82, 2.24) is 5.32 Å². The third-order valence-corrected chi connectivity index (χ3v) is 1.64. The number of hydrogen-bond donors (Lipinski definition) is 1. The Labute approximate surface area is 75.1 Å². The summed E-state index contributed by atoms with van der Waals surface area (Å²) in [5.74, 6) is 0. The lowest BCUT2D eigenvalue weighted by Gasteiger charge is -2.10. The van der Waals surface area contributed by atoms with Crippen LogP contribution in [-0.4, -0.2) is 13.8 Å². The second kappa shape index (κ2) is 5.58. The highest BCUT2D eigenvalue weighted by atomic mass is 14.9. The Morgan fingerprint density at radius 3 is 2.33 bits per heavy atom. The Bertz CT molecular complexity index is 202. The fourth-order valence-electron chi connectivity index (χ4n) is 1.12. The van der Waals surface area contributed by atoms with E-state index in [1.54, 1.807) is 0 Å². The molecule has 0 aliphatic heterocycles. The summed E-state index contributed by atoms with van der Waals surface area (Å²) in [5.41, 5.74) is 3.03. The molecule has 0 aliphatic rings. The Morgan fingerprint density at radius 1 is 1.50 bits per heavy atom. The average molecular weight is 166 g/mol. The van der Waals surface area contributed by atoms with Gasteiger partial charge in [-0.1, -0.05) is 19.9 Å². The molecule has 0 saturated carbocycles. The summed E-state index contributed by atoms with van der Waals surface area (Å²) in [5, 5.41) is 3.08. The molecule has 0 rings (SSSR count). The molecule has 0 aliphatic carbocycles. The number of allylic oxidation sites excluding steroid dienone is 2. The van der Waals surface area contributed by atoms with Gasteiger partial charge in [-0.15, -0.1) is 0 Å². The molecule has 0 radical (unpaired) electrons. The van der Waals surface area contributed by atoms with Crippen LogP contribution in [0.1, 0.15) is 26.7 Å². The molecule has 2 heteroatoms. The Balaban J connectivity index is 4.73. The molecule has 0 heterocycles. The summed E-state index contributed by atoms with van der Waals surface area (Å²) in [6.45, 7) is 11.5. The summed E-state index contributed by atoms with van der Waals surface area (Å²) in [6.07, 6.45) is 2.03. The minimum Gasteiger partial charge on any atom is -0.386 e. The highest BCUT2D eigenvalue weighted by Gasteiger charge is 2.02. The number of rotatable bonds is 5. The summed E-state index contributed by atoms with van der Waals surface area (Å²) < 4.78 is 0. The fraction of sp³-hybridized carbons (Fsp3) is 0.500. The normalized spacial score (nSPS) is 11.9. The first-order valence-corrected chi connectivity index (χ1v) is 4.20. The molecule has 1 N–H and O–H groups in total. The number of nitrogens with zero attached hydrogens (tertiary/aromatic N) is 1. The first-order chi connectivity index (χ1) is 5.67. The molecule has 0 aromatic rings. The van der Waals surface area contributed by atoms with E-state index in [-0.39, 0.29) is 0 Å². The maximum atomic E-state index is 3.98. The zero-order valence-corrected chi connectivity index (χ0v) is 8.28. The van der Waals surface area contributed by atoms with Crippen LogP contribution in [0.2, 0.25) is 0 Å². The van der Waals surface area contributed by atoms with Crippen molar-refractivity contribution in [3.8, 4) is 0 Å². The minimum atomic E-state index is 0.951. The highest BCUT2D eigenvalue weighted by molar-refractivity contribution is 5.36. The van der Waals surface area contributed by atoms with Gasteiger partial charge in [0, 0.05) is 7.05 Å². The summed E-state index contributed by atoms with van der Waals surface area (Å²) in [4.78, 5) is 3.98. The SMILES string of the molecule is C=N/C(CCC)=C(\NC)C(=C)C. The van der Waals surface area contributed by atoms with Gasteiger partial charge in [0.05, 0.1) is 11.4 Å². The molecule has 0 saturated heterocycles. The Kier molecular flexibility index (Phi) is 5.09. The van der Waals surface area contributed by atoms with Crippen molar-refractivity contribution in [2.45, 2.75) is 26.7 Å². The Morgan fingerprint density at radius 2 is 2.08 bits per heavy atom. The van der Waals surface area contributed by atoms with E-state index in [1.165, 1.54) is 0 Å². The molecule has 2 nitrogen and oxygen atoms in total. The van der Waals surface area contributed by atoms with Crippen LogP contribution in [0, 0.1) is 0 Å². The lowest BCUT2D eigenvalue weighted by molar-refractivity contribution is 0.848. The zero-order chi connectivity index (χ0) is 9.56. The quantitative estimate of drug-likeness (QED) is 0.492. The molecule has 0 atom stereocenters. The van der Waals surface area contributed by atoms with E-state index in [2.05, 4.69) is 30.5 Å². The second-order valence-corrected chi connectivity index (χ2v) is 2.76. The molecule has 0 spiro atoms. The van der Waals surface area contributed by atoms with E-state index >= 15 is 0 Å². The smallest absolute Gasteiger partial charge is 0.0629 e. The van der Waals surface area contributed by atoms with Crippen molar-refractivity contribution in [2.24, 2.45) is 4.99 Å². The van der Waals surface area contributed by atoms with Crippen LogP contribution >= 0.6 is 0 Å². The Hall–Kier alpha value is -1.05. The van der Waals surface area contributed by atoms with Gasteiger partial charge in [0.1, 0.15) is 0 Å². The molecule has 68 valence electrons. The maximum Gasteiger partial charge on any atom is 0.0629 e. The first kappa shape index (κ1) is 11.0. The van der Waals surface area contributed by atoms with Crippen LogP contribution < -0.4 is 5.32 Å². The predicted octanol–water partition coefficient (Wildman–Crippen LogP) is 2.49. The topological polar surface area (TPSA) is 24.4 Å². The van der Waals surface area contributed by atoms with Gasteiger partial charge < -0.3 is 5.32 Å². The number of hydrogen-bond acceptors (Lipinski definition) is 2. The van der Waals surface area contributed by atoms with E-state index in [0.29, 0.717) is 0 Å². The lowest BCUT2D eigenvalue weighted by Crippen LogP contribution is -2.09. The van der Waals surface area contributed by atoms with Gasteiger partial charge in [0.2, 0.25) is 0 Å². The van der Waals surface area contributed by atoms with Gasteiger partial charge in [0.15, 0.2) is 0 Å². The fourth-order valence-corrected chi connectivity index (χ4v) is 1.12. The van der Waals surface area contributed by atoms with E-state index in [1.807, 2.05) is 14.0 Å². The van der Waals surface area contributed by atoms with E-state index < -0.39 is 0 Å². The molecular formula is C10H18N2. The van der Waals surface area contributed by atoms with E-state index in [0.717, 1.165) is 29.8 Å². The number of aliphatic imine (C=N–C) groups is 1. The van der Waals surface area contributed by atoms with E-state index in [9.17, 15) is 0 Å². The molecule has 0 unspecified atom stereocenters. The lowest BCUT2D eigenvalue weighted by atomic mass is 10.1. The maximum absolute atomic E-state index is 3.98. The first-order valence-electron chi connectivity index (χ1n) is 4.20. The molecule has 0 aromatic heterocycles. The summed E-state index contributed by atoms with van der Waals surface area (Å²) in [6, 6.07) is 0. The second-order valence-electron chi connectivity index (χ2n) is 2.76. The van der Waals surface area contributed by atoms with Gasteiger partial charge in [-0.25, -0.2) is 0 Å². The molecular weight excluding hydrogens is 148 g/mol.